The summed E-state index contributed by atoms with van der Waals surface area (Å²) in [4.78, 5) is 7.34. The van der Waals surface area contributed by atoms with E-state index in [1.165, 1.54) is 22.6 Å². The van der Waals surface area contributed by atoms with Crippen LogP contribution in [0.25, 0.3) is 11.3 Å². The van der Waals surface area contributed by atoms with Crippen LogP contribution in [0.3, 0.4) is 0 Å². The van der Waals surface area contributed by atoms with Crippen LogP contribution in [-0.4, -0.2) is 41.4 Å². The molecule has 4 heterocycles. The Morgan fingerprint density at radius 2 is 1.83 bits per heavy atom. The Morgan fingerprint density at radius 3 is 2.70 bits per heavy atom. The Bertz CT molecular complexity index is 1080. The van der Waals surface area contributed by atoms with Gasteiger partial charge in [-0.15, -0.1) is 0 Å². The first kappa shape index (κ1) is 17.8. The van der Waals surface area contributed by atoms with Crippen molar-refractivity contribution in [3.63, 3.8) is 0 Å². The van der Waals surface area contributed by atoms with E-state index in [1.807, 2.05) is 24.4 Å². The summed E-state index contributed by atoms with van der Waals surface area (Å²) in [6.45, 7) is 4.58. The molecule has 3 aliphatic heterocycles. The highest BCUT2D eigenvalue weighted by Crippen LogP contribution is 2.37. The van der Waals surface area contributed by atoms with Crippen LogP contribution < -0.4 is 14.2 Å². The van der Waals surface area contributed by atoms with E-state index >= 15 is 0 Å². The van der Waals surface area contributed by atoms with E-state index in [9.17, 15) is 0 Å². The van der Waals surface area contributed by atoms with E-state index in [4.69, 9.17) is 19.2 Å². The first-order chi connectivity index (χ1) is 14.8. The third kappa shape index (κ3) is 3.03. The highest BCUT2D eigenvalue weighted by molar-refractivity contribution is 5.60. The molecule has 6 heteroatoms. The number of benzene rings is 2. The molecule has 0 saturated carbocycles. The van der Waals surface area contributed by atoms with Crippen molar-refractivity contribution in [3.05, 3.63) is 60.0 Å². The standard InChI is InChI=1S/C24H25N3O3/c1-28-20-5-3-17(4-6-20)21-10-25-24-9-18-12-26(13-19(18)14-27(21)24)11-16-2-7-22-23(8-16)30-15-29-22/h2-8,10,18-19H,9,11-15H2,1H3/t18-,19+/m0/s1. The van der Waals surface area contributed by atoms with Gasteiger partial charge in [-0.1, -0.05) is 6.07 Å². The molecule has 2 aromatic carbocycles. The number of fused-ring (bicyclic) bond motifs is 3. The van der Waals surface area contributed by atoms with Crippen molar-refractivity contribution in [1.82, 2.24) is 14.5 Å². The van der Waals surface area contributed by atoms with Crippen molar-refractivity contribution >= 4 is 0 Å². The van der Waals surface area contributed by atoms with Crippen molar-refractivity contribution < 1.29 is 14.2 Å². The summed E-state index contributed by atoms with van der Waals surface area (Å²) in [5.74, 6) is 5.16. The van der Waals surface area contributed by atoms with Gasteiger partial charge < -0.3 is 18.8 Å². The van der Waals surface area contributed by atoms with Crippen LogP contribution in [0.1, 0.15) is 11.4 Å². The predicted molar refractivity (Wildman–Crippen MR) is 113 cm³/mol. The van der Waals surface area contributed by atoms with E-state index in [2.05, 4.69) is 33.7 Å². The normalized spacial score (nSPS) is 22.0. The number of rotatable bonds is 4. The van der Waals surface area contributed by atoms with Crippen molar-refractivity contribution in [2.45, 2.75) is 19.5 Å². The second-order valence-electron chi connectivity index (χ2n) is 8.50. The van der Waals surface area contributed by atoms with E-state index in [0.717, 1.165) is 49.8 Å². The van der Waals surface area contributed by atoms with Gasteiger partial charge in [-0.2, -0.15) is 0 Å². The molecule has 2 atom stereocenters. The van der Waals surface area contributed by atoms with Gasteiger partial charge in [0, 0.05) is 38.2 Å². The largest absolute Gasteiger partial charge is 0.497 e. The van der Waals surface area contributed by atoms with E-state index < -0.39 is 0 Å². The van der Waals surface area contributed by atoms with Gasteiger partial charge in [-0.05, 0) is 53.8 Å². The van der Waals surface area contributed by atoms with Gasteiger partial charge in [0.05, 0.1) is 19.0 Å². The van der Waals surface area contributed by atoms with E-state index in [1.54, 1.807) is 7.11 Å². The second kappa shape index (κ2) is 7.06. The van der Waals surface area contributed by atoms with Gasteiger partial charge in [0.2, 0.25) is 6.79 Å². The highest BCUT2D eigenvalue weighted by Gasteiger charge is 2.38. The summed E-state index contributed by atoms with van der Waals surface area (Å²) >= 11 is 0. The predicted octanol–water partition coefficient (Wildman–Crippen LogP) is 3.59. The van der Waals surface area contributed by atoms with Crippen LogP contribution in [-0.2, 0) is 19.5 Å². The third-order valence-corrected chi connectivity index (χ3v) is 6.68. The fourth-order valence-electron chi connectivity index (χ4n) is 5.14. The topological polar surface area (TPSA) is 48.8 Å². The zero-order valence-corrected chi connectivity index (χ0v) is 17.1. The lowest BCUT2D eigenvalue weighted by atomic mass is 9.89. The van der Waals surface area contributed by atoms with Crippen LogP contribution in [0.15, 0.2) is 48.7 Å². The smallest absolute Gasteiger partial charge is 0.231 e. The van der Waals surface area contributed by atoms with Crippen LogP contribution in [0.5, 0.6) is 17.2 Å². The van der Waals surface area contributed by atoms with Gasteiger partial charge in [0.1, 0.15) is 11.6 Å². The maximum absolute atomic E-state index is 5.54. The number of imidazole rings is 1. The molecule has 3 aromatic rings. The quantitative estimate of drug-likeness (QED) is 0.666. The Balaban J connectivity index is 1.18. The van der Waals surface area contributed by atoms with Gasteiger partial charge in [-0.25, -0.2) is 4.98 Å². The minimum absolute atomic E-state index is 0.328. The number of likely N-dealkylation sites (tertiary alicyclic amines) is 1. The lowest BCUT2D eigenvalue weighted by molar-refractivity contribution is 0.174. The molecule has 6 rings (SSSR count). The van der Waals surface area contributed by atoms with Gasteiger partial charge in [0.25, 0.3) is 0 Å². The molecule has 1 saturated heterocycles. The summed E-state index contributed by atoms with van der Waals surface area (Å²) in [7, 11) is 1.70. The summed E-state index contributed by atoms with van der Waals surface area (Å²) < 4.78 is 18.7. The third-order valence-electron chi connectivity index (χ3n) is 6.68. The van der Waals surface area contributed by atoms with Crippen LogP contribution in [0, 0.1) is 11.8 Å². The highest BCUT2D eigenvalue weighted by atomic mass is 16.7. The van der Waals surface area contributed by atoms with Crippen LogP contribution >= 0.6 is 0 Å². The fourth-order valence-corrected chi connectivity index (χ4v) is 5.14. The molecule has 0 unspecified atom stereocenters. The molecular formula is C24H25N3O3. The Hall–Kier alpha value is -2.99. The lowest BCUT2D eigenvalue weighted by Gasteiger charge is -2.27. The zero-order chi connectivity index (χ0) is 20.1. The van der Waals surface area contributed by atoms with Crippen LogP contribution in [0.4, 0.5) is 0 Å². The number of hydrogen-bond acceptors (Lipinski definition) is 5. The molecular weight excluding hydrogens is 378 g/mol. The molecule has 0 bridgehead atoms. The summed E-state index contributed by atoms with van der Waals surface area (Å²) in [6, 6.07) is 14.6. The molecule has 1 aromatic heterocycles. The summed E-state index contributed by atoms with van der Waals surface area (Å²) in [5, 5.41) is 0. The molecule has 30 heavy (non-hydrogen) atoms. The summed E-state index contributed by atoms with van der Waals surface area (Å²) in [5.41, 5.74) is 3.69. The monoisotopic (exact) mass is 403 g/mol. The molecule has 0 radical (unpaired) electrons. The average Bonchev–Trinajstić information content (AvgIpc) is 3.49. The zero-order valence-electron chi connectivity index (χ0n) is 17.1. The van der Waals surface area contributed by atoms with E-state index in [0.29, 0.717) is 18.6 Å². The lowest BCUT2D eigenvalue weighted by Crippen LogP contribution is -2.28. The summed E-state index contributed by atoms with van der Waals surface area (Å²) in [6.07, 6.45) is 3.08. The van der Waals surface area contributed by atoms with Crippen molar-refractivity contribution in [2.24, 2.45) is 11.8 Å². The Labute approximate surface area is 176 Å². The van der Waals surface area contributed by atoms with Gasteiger partial charge in [-0.3, -0.25) is 4.90 Å². The Kier molecular flexibility index (Phi) is 4.20. The van der Waals surface area contributed by atoms with Crippen LogP contribution in [0.2, 0.25) is 0 Å². The number of nitrogens with zero attached hydrogens (tertiary/aromatic N) is 3. The van der Waals surface area contributed by atoms with Crippen molar-refractivity contribution in [3.8, 4) is 28.5 Å². The van der Waals surface area contributed by atoms with Crippen molar-refractivity contribution in [1.29, 1.82) is 0 Å². The Morgan fingerprint density at radius 1 is 1.00 bits per heavy atom. The maximum Gasteiger partial charge on any atom is 0.231 e. The SMILES string of the molecule is COc1ccc(-c2cnc3n2C[C@H]2CN(Cc4ccc5c(c4)OCO5)C[C@@H]2C3)cc1. The molecule has 154 valence electrons. The molecule has 3 aliphatic rings. The van der Waals surface area contributed by atoms with Gasteiger partial charge in [0.15, 0.2) is 11.5 Å². The number of aromatic nitrogens is 2. The molecule has 0 spiro atoms. The molecule has 0 N–H and O–H groups in total. The minimum atomic E-state index is 0.328. The van der Waals surface area contributed by atoms with E-state index in [-0.39, 0.29) is 0 Å². The second-order valence-corrected chi connectivity index (χ2v) is 8.50. The molecule has 1 fully saturated rings. The molecule has 0 amide bonds. The van der Waals surface area contributed by atoms with Gasteiger partial charge >= 0.3 is 0 Å². The maximum atomic E-state index is 5.54. The number of hydrogen-bond donors (Lipinski definition) is 0. The van der Waals surface area contributed by atoms with Crippen molar-refractivity contribution in [2.75, 3.05) is 27.0 Å². The number of ether oxygens (including phenoxy) is 3. The fraction of sp³-hybridized carbons (Fsp3) is 0.375. The first-order valence-corrected chi connectivity index (χ1v) is 10.6. The number of methoxy groups -OCH3 is 1. The molecule has 6 nitrogen and oxygen atoms in total. The average molecular weight is 403 g/mol. The minimum Gasteiger partial charge on any atom is -0.497 e. The molecule has 0 aliphatic carbocycles. The first-order valence-electron chi connectivity index (χ1n) is 10.6.